The number of carbonyl (C=O) groups excluding carboxylic acids is 1. The average Bonchev–Trinajstić information content (AvgIpc) is 2.65. The van der Waals surface area contributed by atoms with Crippen LogP contribution in [0.1, 0.15) is 19.5 Å². The minimum atomic E-state index is -0.718. The summed E-state index contributed by atoms with van der Waals surface area (Å²) in [5.41, 5.74) is 5.73. The number of nitrogens with two attached hydrogens (primary N) is 1. The first-order chi connectivity index (χ1) is 7.61. The lowest BCUT2D eigenvalue weighted by molar-refractivity contribution is -0.137. The lowest BCUT2D eigenvalue weighted by Gasteiger charge is -2.02. The van der Waals surface area contributed by atoms with E-state index in [0.29, 0.717) is 0 Å². The summed E-state index contributed by atoms with van der Waals surface area (Å²) in [6.45, 7) is 3.35. The number of carbonyl (C=O) groups is 1. The zero-order chi connectivity index (χ0) is 12.1. The Bertz CT molecular complexity index is 469. The van der Waals surface area contributed by atoms with E-state index in [1.807, 2.05) is 0 Å². The second-order valence-corrected chi connectivity index (χ2v) is 2.83. The summed E-state index contributed by atoms with van der Waals surface area (Å²) in [4.78, 5) is 11.4. The highest BCUT2D eigenvalue weighted by Gasteiger charge is 2.19. The Labute approximate surface area is 91.4 Å². The number of nitrogens with zero attached hydrogens (tertiary/aromatic N) is 3. The smallest absolute Gasteiger partial charge is 0.349 e. The SMILES string of the molecule is CCOC(=O)/C(C#N)=C(\C)c1nonc1N. The molecule has 0 aliphatic heterocycles. The second-order valence-electron chi connectivity index (χ2n) is 2.83. The lowest BCUT2D eigenvalue weighted by Crippen LogP contribution is -2.08. The summed E-state index contributed by atoms with van der Waals surface area (Å²) in [7, 11) is 0. The molecule has 1 rings (SSSR count). The van der Waals surface area contributed by atoms with Gasteiger partial charge in [0.2, 0.25) is 0 Å². The van der Waals surface area contributed by atoms with Gasteiger partial charge in [0.1, 0.15) is 11.6 Å². The molecule has 0 fully saturated rings. The molecule has 0 aliphatic rings. The van der Waals surface area contributed by atoms with Crippen LogP contribution in [0.2, 0.25) is 0 Å². The van der Waals surface area contributed by atoms with Crippen molar-refractivity contribution in [1.29, 1.82) is 5.26 Å². The van der Waals surface area contributed by atoms with E-state index >= 15 is 0 Å². The van der Waals surface area contributed by atoms with Crippen molar-refractivity contribution in [3.05, 3.63) is 11.3 Å². The van der Waals surface area contributed by atoms with E-state index in [9.17, 15) is 4.79 Å². The molecule has 0 amide bonds. The van der Waals surface area contributed by atoms with E-state index in [0.717, 1.165) is 0 Å². The molecule has 0 saturated heterocycles. The van der Waals surface area contributed by atoms with Gasteiger partial charge < -0.3 is 10.5 Å². The van der Waals surface area contributed by atoms with E-state index in [-0.39, 0.29) is 29.3 Å². The predicted octanol–water partition coefficient (Wildman–Crippen LogP) is 0.512. The van der Waals surface area contributed by atoms with Crippen LogP contribution in [0.25, 0.3) is 5.57 Å². The third-order valence-electron chi connectivity index (χ3n) is 1.84. The van der Waals surface area contributed by atoms with Crippen LogP contribution in [0.3, 0.4) is 0 Å². The molecule has 16 heavy (non-hydrogen) atoms. The van der Waals surface area contributed by atoms with Crippen molar-refractivity contribution in [3.8, 4) is 6.07 Å². The van der Waals surface area contributed by atoms with Gasteiger partial charge in [-0.25, -0.2) is 9.42 Å². The largest absolute Gasteiger partial charge is 0.462 e. The molecule has 0 radical (unpaired) electrons. The van der Waals surface area contributed by atoms with E-state index in [4.69, 9.17) is 15.7 Å². The van der Waals surface area contributed by atoms with Crippen molar-refractivity contribution in [2.75, 3.05) is 12.3 Å². The Hall–Kier alpha value is -2.36. The summed E-state index contributed by atoms with van der Waals surface area (Å²) in [6.07, 6.45) is 0. The summed E-state index contributed by atoms with van der Waals surface area (Å²) in [5.74, 6) is -0.695. The number of rotatable bonds is 3. The van der Waals surface area contributed by atoms with Crippen LogP contribution in [0.15, 0.2) is 10.2 Å². The molecule has 0 aromatic carbocycles. The molecule has 0 spiro atoms. The fourth-order valence-electron chi connectivity index (χ4n) is 1.06. The molecule has 1 aromatic heterocycles. The number of hydrogen-bond donors (Lipinski definition) is 1. The van der Waals surface area contributed by atoms with Gasteiger partial charge in [0.15, 0.2) is 11.5 Å². The first-order valence-corrected chi connectivity index (χ1v) is 4.48. The third-order valence-corrected chi connectivity index (χ3v) is 1.84. The number of ether oxygens (including phenoxy) is 1. The normalized spacial score (nSPS) is 11.6. The molecular formula is C9H10N4O3. The van der Waals surface area contributed by atoms with Gasteiger partial charge in [0.25, 0.3) is 0 Å². The molecule has 0 bridgehead atoms. The van der Waals surface area contributed by atoms with Crippen molar-refractivity contribution < 1.29 is 14.2 Å². The van der Waals surface area contributed by atoms with Crippen molar-refractivity contribution in [2.45, 2.75) is 13.8 Å². The van der Waals surface area contributed by atoms with Gasteiger partial charge in [0.05, 0.1) is 6.61 Å². The van der Waals surface area contributed by atoms with Crippen molar-refractivity contribution in [1.82, 2.24) is 10.3 Å². The van der Waals surface area contributed by atoms with Crippen LogP contribution in [0.5, 0.6) is 0 Å². The summed E-state index contributed by atoms with van der Waals surface area (Å²) in [6, 6.07) is 1.74. The molecule has 0 aliphatic carbocycles. The fraction of sp³-hybridized carbons (Fsp3) is 0.333. The number of aromatic nitrogens is 2. The van der Waals surface area contributed by atoms with Crippen molar-refractivity contribution in [2.24, 2.45) is 0 Å². The summed E-state index contributed by atoms with van der Waals surface area (Å²) >= 11 is 0. The lowest BCUT2D eigenvalue weighted by atomic mass is 10.1. The number of anilines is 1. The van der Waals surface area contributed by atoms with Crippen LogP contribution in [0.4, 0.5) is 5.82 Å². The van der Waals surface area contributed by atoms with Gasteiger partial charge in [0, 0.05) is 5.57 Å². The molecular weight excluding hydrogens is 212 g/mol. The maximum Gasteiger partial charge on any atom is 0.349 e. The minimum Gasteiger partial charge on any atom is -0.462 e. The Morgan fingerprint density at radius 3 is 2.75 bits per heavy atom. The average molecular weight is 222 g/mol. The van der Waals surface area contributed by atoms with Crippen LogP contribution < -0.4 is 5.73 Å². The van der Waals surface area contributed by atoms with E-state index in [1.54, 1.807) is 13.0 Å². The predicted molar refractivity (Wildman–Crippen MR) is 53.6 cm³/mol. The Morgan fingerprint density at radius 2 is 2.31 bits per heavy atom. The van der Waals surface area contributed by atoms with Crippen LogP contribution in [-0.2, 0) is 9.53 Å². The fourth-order valence-corrected chi connectivity index (χ4v) is 1.06. The zero-order valence-corrected chi connectivity index (χ0v) is 8.85. The molecule has 2 N–H and O–H groups in total. The van der Waals surface area contributed by atoms with Crippen LogP contribution in [0, 0.1) is 11.3 Å². The molecule has 1 aromatic rings. The Balaban J connectivity index is 3.16. The quantitative estimate of drug-likeness (QED) is 0.450. The van der Waals surface area contributed by atoms with Crippen LogP contribution in [-0.4, -0.2) is 22.9 Å². The standard InChI is InChI=1S/C9H10N4O3/c1-3-15-9(14)6(4-10)5(2)7-8(11)13-16-12-7/h3H2,1-2H3,(H2,11,13)/b6-5+. The monoisotopic (exact) mass is 222 g/mol. The molecule has 0 unspecified atom stereocenters. The number of hydrogen-bond acceptors (Lipinski definition) is 7. The second kappa shape index (κ2) is 4.93. The van der Waals surface area contributed by atoms with Gasteiger partial charge in [-0.15, -0.1) is 0 Å². The number of allylic oxidation sites excluding steroid dienone is 1. The Kier molecular flexibility index (Phi) is 3.61. The van der Waals surface area contributed by atoms with Gasteiger partial charge in [-0.2, -0.15) is 5.26 Å². The highest BCUT2D eigenvalue weighted by Crippen LogP contribution is 2.20. The summed E-state index contributed by atoms with van der Waals surface area (Å²) < 4.78 is 9.10. The number of nitrogen functional groups attached to an aromatic ring is 1. The van der Waals surface area contributed by atoms with Gasteiger partial charge in [-0.1, -0.05) is 0 Å². The van der Waals surface area contributed by atoms with Gasteiger partial charge in [-0.3, -0.25) is 0 Å². The van der Waals surface area contributed by atoms with E-state index < -0.39 is 5.97 Å². The van der Waals surface area contributed by atoms with Crippen LogP contribution >= 0.6 is 0 Å². The zero-order valence-electron chi connectivity index (χ0n) is 8.85. The molecule has 0 saturated carbocycles. The highest BCUT2D eigenvalue weighted by atomic mass is 16.6. The Morgan fingerprint density at radius 1 is 1.62 bits per heavy atom. The van der Waals surface area contributed by atoms with Crippen molar-refractivity contribution in [3.63, 3.8) is 0 Å². The number of nitriles is 1. The molecule has 1 heterocycles. The summed E-state index contributed by atoms with van der Waals surface area (Å²) in [5, 5.41) is 15.7. The molecule has 0 atom stereocenters. The topological polar surface area (TPSA) is 115 Å². The minimum absolute atomic E-state index is 0.0227. The molecule has 7 heteroatoms. The van der Waals surface area contributed by atoms with Gasteiger partial charge >= 0.3 is 5.97 Å². The van der Waals surface area contributed by atoms with Gasteiger partial charge in [-0.05, 0) is 24.2 Å². The third kappa shape index (κ3) is 2.17. The first kappa shape index (κ1) is 11.7. The van der Waals surface area contributed by atoms with E-state index in [1.165, 1.54) is 6.92 Å². The van der Waals surface area contributed by atoms with Crippen molar-refractivity contribution >= 4 is 17.4 Å². The maximum atomic E-state index is 11.4. The molecule has 84 valence electrons. The van der Waals surface area contributed by atoms with E-state index in [2.05, 4.69) is 14.9 Å². The molecule has 7 nitrogen and oxygen atoms in total. The highest BCUT2D eigenvalue weighted by molar-refractivity contribution is 6.01. The maximum absolute atomic E-state index is 11.4. The number of esters is 1. The first-order valence-electron chi connectivity index (χ1n) is 4.48.